The highest BCUT2D eigenvalue weighted by molar-refractivity contribution is 6.20. The van der Waals surface area contributed by atoms with Crippen molar-refractivity contribution in [2.24, 2.45) is 0 Å². The summed E-state index contributed by atoms with van der Waals surface area (Å²) < 4.78 is 20.5. The molecule has 1 saturated heterocycles. The molecule has 0 aromatic heterocycles. The number of carbonyl (C=O) groups is 3. The Morgan fingerprint density at radius 3 is 1.70 bits per heavy atom. The molecule has 1 aliphatic heterocycles. The number of esters is 3. The van der Waals surface area contributed by atoms with Crippen LogP contribution in [0.2, 0.25) is 0 Å². The predicted molar refractivity (Wildman–Crippen MR) is 66.9 cm³/mol. The fourth-order valence-electron chi connectivity index (χ4n) is 1.96. The lowest BCUT2D eigenvalue weighted by atomic mass is 10.00. The van der Waals surface area contributed by atoms with E-state index in [0.29, 0.717) is 0 Å². The minimum Gasteiger partial charge on any atom is -0.456 e. The Kier molecular flexibility index (Phi) is 5.76. The van der Waals surface area contributed by atoms with Gasteiger partial charge >= 0.3 is 17.9 Å². The summed E-state index contributed by atoms with van der Waals surface area (Å²) in [5.74, 6) is -1.79. The van der Waals surface area contributed by atoms with Gasteiger partial charge in [0.05, 0.1) is 6.10 Å². The van der Waals surface area contributed by atoms with E-state index in [-0.39, 0.29) is 0 Å². The molecule has 0 saturated carbocycles. The summed E-state index contributed by atoms with van der Waals surface area (Å²) in [7, 11) is 0. The zero-order valence-electron chi connectivity index (χ0n) is 11.6. The number of halogens is 1. The lowest BCUT2D eigenvalue weighted by Gasteiger charge is -2.41. The van der Waals surface area contributed by atoms with Gasteiger partial charge in [-0.15, -0.1) is 0 Å². The van der Waals surface area contributed by atoms with Crippen molar-refractivity contribution in [3.8, 4) is 0 Å². The van der Waals surface area contributed by atoms with E-state index < -0.39 is 47.9 Å². The lowest BCUT2D eigenvalue weighted by Crippen LogP contribution is -2.59. The Balaban J connectivity index is 3.01. The number of hydrogen-bond acceptors (Lipinski definition) is 7. The molecule has 0 spiro atoms. The first-order chi connectivity index (χ1) is 9.22. The van der Waals surface area contributed by atoms with Crippen molar-refractivity contribution < 1.29 is 33.3 Å². The monoisotopic (exact) mass is 308 g/mol. The highest BCUT2D eigenvalue weighted by Crippen LogP contribution is 2.30. The molecule has 0 amide bonds. The molecule has 8 heteroatoms. The number of carbonyl (C=O) groups excluding carboxylic acids is 3. The molecule has 7 nitrogen and oxygen atoms in total. The standard InChI is InChI=1S/C12H17ClO7/c1-5-9(18-6(2)14)10(19-7(3)15)11(12(13)17-5)20-8(4)16/h5,9-12H,1-4H3/t5-,9-,10+,11+,12+/m1/s1. The molecule has 0 aromatic rings. The number of rotatable bonds is 3. The molecule has 114 valence electrons. The van der Waals surface area contributed by atoms with Gasteiger partial charge in [0.25, 0.3) is 0 Å². The van der Waals surface area contributed by atoms with Gasteiger partial charge in [0.1, 0.15) is 0 Å². The zero-order valence-corrected chi connectivity index (χ0v) is 12.4. The van der Waals surface area contributed by atoms with Crippen LogP contribution in [0, 0.1) is 0 Å². The number of alkyl halides is 1. The van der Waals surface area contributed by atoms with Crippen molar-refractivity contribution in [2.75, 3.05) is 0 Å². The van der Waals surface area contributed by atoms with Crippen molar-refractivity contribution in [1.29, 1.82) is 0 Å². The average Bonchev–Trinajstić information content (AvgIpc) is 2.27. The van der Waals surface area contributed by atoms with E-state index in [1.807, 2.05) is 0 Å². The molecule has 0 radical (unpaired) electrons. The third-order valence-corrected chi connectivity index (χ3v) is 2.97. The summed E-state index contributed by atoms with van der Waals surface area (Å²) >= 11 is 5.97. The Bertz CT molecular complexity index is 369. The molecule has 5 atom stereocenters. The second kappa shape index (κ2) is 6.90. The highest BCUT2D eigenvalue weighted by atomic mass is 35.5. The average molecular weight is 309 g/mol. The van der Waals surface area contributed by atoms with Crippen molar-refractivity contribution in [3.63, 3.8) is 0 Å². The zero-order chi connectivity index (χ0) is 15.4. The van der Waals surface area contributed by atoms with Crippen LogP contribution in [-0.2, 0) is 33.3 Å². The Labute approximate surface area is 121 Å². The molecular formula is C12H17ClO7. The predicted octanol–water partition coefficient (Wildman–Crippen LogP) is 0.765. The normalized spacial score (nSPS) is 33.1. The van der Waals surface area contributed by atoms with Crippen molar-refractivity contribution in [1.82, 2.24) is 0 Å². The van der Waals surface area contributed by atoms with Crippen LogP contribution in [0.1, 0.15) is 27.7 Å². The van der Waals surface area contributed by atoms with Crippen LogP contribution in [0.4, 0.5) is 0 Å². The molecule has 20 heavy (non-hydrogen) atoms. The number of ether oxygens (including phenoxy) is 4. The van der Waals surface area contributed by atoms with Gasteiger partial charge in [-0.1, -0.05) is 11.6 Å². The van der Waals surface area contributed by atoms with Crippen LogP contribution < -0.4 is 0 Å². The summed E-state index contributed by atoms with van der Waals surface area (Å²) in [4.78, 5) is 33.5. The third-order valence-electron chi connectivity index (χ3n) is 2.62. The Morgan fingerprint density at radius 2 is 1.25 bits per heavy atom. The van der Waals surface area contributed by atoms with Gasteiger partial charge in [-0.25, -0.2) is 0 Å². The van der Waals surface area contributed by atoms with Crippen LogP contribution in [0.5, 0.6) is 0 Å². The second-order valence-electron chi connectivity index (χ2n) is 4.41. The molecular weight excluding hydrogens is 292 g/mol. The van der Waals surface area contributed by atoms with Crippen molar-refractivity contribution in [2.45, 2.75) is 57.7 Å². The lowest BCUT2D eigenvalue weighted by molar-refractivity contribution is -0.230. The summed E-state index contributed by atoms with van der Waals surface area (Å²) in [6.07, 6.45) is -3.60. The molecule has 0 bridgehead atoms. The van der Waals surface area contributed by atoms with E-state index in [2.05, 4.69) is 0 Å². The molecule has 1 aliphatic rings. The number of hydrogen-bond donors (Lipinski definition) is 0. The van der Waals surface area contributed by atoms with Crippen LogP contribution in [0.15, 0.2) is 0 Å². The maximum absolute atomic E-state index is 11.2. The maximum Gasteiger partial charge on any atom is 0.303 e. The van der Waals surface area contributed by atoms with Gasteiger partial charge in [-0.05, 0) is 6.92 Å². The van der Waals surface area contributed by atoms with Crippen LogP contribution >= 0.6 is 11.6 Å². The molecule has 1 heterocycles. The first-order valence-corrected chi connectivity index (χ1v) is 6.47. The van der Waals surface area contributed by atoms with E-state index >= 15 is 0 Å². The van der Waals surface area contributed by atoms with Crippen molar-refractivity contribution >= 4 is 29.5 Å². The summed E-state index contributed by atoms with van der Waals surface area (Å²) in [5, 5.41) is 0. The van der Waals surface area contributed by atoms with Gasteiger partial charge in [0, 0.05) is 20.8 Å². The van der Waals surface area contributed by atoms with E-state index in [1.165, 1.54) is 20.8 Å². The largest absolute Gasteiger partial charge is 0.456 e. The Hall–Kier alpha value is -1.34. The van der Waals surface area contributed by atoms with Gasteiger partial charge in [0.2, 0.25) is 0 Å². The van der Waals surface area contributed by atoms with Gasteiger partial charge < -0.3 is 18.9 Å². The quantitative estimate of drug-likeness (QED) is 0.432. The highest BCUT2D eigenvalue weighted by Gasteiger charge is 2.49. The second-order valence-corrected chi connectivity index (χ2v) is 4.84. The smallest absolute Gasteiger partial charge is 0.303 e. The first kappa shape index (κ1) is 16.7. The van der Waals surface area contributed by atoms with Gasteiger partial charge in [0.15, 0.2) is 23.9 Å². The molecule has 0 aromatic carbocycles. The molecule has 0 unspecified atom stereocenters. The van der Waals surface area contributed by atoms with E-state index in [1.54, 1.807) is 6.92 Å². The topological polar surface area (TPSA) is 88.1 Å². The molecule has 0 aliphatic carbocycles. The van der Waals surface area contributed by atoms with E-state index in [0.717, 1.165) is 0 Å². The third kappa shape index (κ3) is 4.35. The van der Waals surface area contributed by atoms with E-state index in [9.17, 15) is 14.4 Å². The van der Waals surface area contributed by atoms with Crippen LogP contribution in [0.3, 0.4) is 0 Å². The minimum absolute atomic E-state index is 0.572. The fraction of sp³-hybridized carbons (Fsp3) is 0.750. The molecule has 0 N–H and O–H groups in total. The van der Waals surface area contributed by atoms with E-state index in [4.69, 9.17) is 30.5 Å². The molecule has 1 fully saturated rings. The van der Waals surface area contributed by atoms with Crippen LogP contribution in [0.25, 0.3) is 0 Å². The maximum atomic E-state index is 11.2. The minimum atomic E-state index is -1.06. The summed E-state index contributed by atoms with van der Waals surface area (Å²) in [6.45, 7) is 5.21. The van der Waals surface area contributed by atoms with Crippen LogP contribution in [-0.4, -0.2) is 47.9 Å². The van der Waals surface area contributed by atoms with Gasteiger partial charge in [-0.2, -0.15) is 0 Å². The van der Waals surface area contributed by atoms with Gasteiger partial charge in [-0.3, -0.25) is 14.4 Å². The fourth-order valence-corrected chi connectivity index (χ4v) is 2.31. The summed E-state index contributed by atoms with van der Waals surface area (Å²) in [5.41, 5.74) is -1.01. The van der Waals surface area contributed by atoms with Crippen molar-refractivity contribution in [3.05, 3.63) is 0 Å². The SMILES string of the molecule is CC(=O)O[C@H]1[C@H](OC(C)=O)[C@@H](C)O[C@H](Cl)[C@H]1OC(C)=O. The summed E-state index contributed by atoms with van der Waals surface area (Å²) in [6, 6.07) is 0. The Morgan fingerprint density at radius 1 is 0.850 bits per heavy atom. The molecule has 1 rings (SSSR count). The first-order valence-electron chi connectivity index (χ1n) is 6.03.